The second-order valence-electron chi connectivity index (χ2n) is 7.79. The predicted molar refractivity (Wildman–Crippen MR) is 103 cm³/mol. The van der Waals surface area contributed by atoms with Gasteiger partial charge in [-0.2, -0.15) is 0 Å². The van der Waals surface area contributed by atoms with Crippen LogP contribution in [0.5, 0.6) is 0 Å². The van der Waals surface area contributed by atoms with Crippen molar-refractivity contribution < 1.29 is 9.59 Å². The molecule has 0 aliphatic carbocycles. The lowest BCUT2D eigenvalue weighted by molar-refractivity contribution is -0.126. The summed E-state index contributed by atoms with van der Waals surface area (Å²) in [5.41, 5.74) is 4.05. The fourth-order valence-corrected chi connectivity index (χ4v) is 4.88. The van der Waals surface area contributed by atoms with E-state index in [0.717, 1.165) is 36.2 Å². The van der Waals surface area contributed by atoms with Crippen molar-refractivity contribution in [3.05, 3.63) is 65.2 Å². The number of carbonyl (C=O) groups is 2. The standard InChI is InChI=1S/C22H23N3O2/c1-14-9-10-17(13-15(14)2)25-21(26)18-19(16-7-4-3-5-8-16)23-11-6-12-24(23)20(18)22(25)27/h3-5,7-10,13,18-20H,6,11-12H2,1-2H3/t18-,19+,20-/m0/s1. The minimum absolute atomic E-state index is 0.0632. The van der Waals surface area contributed by atoms with E-state index in [4.69, 9.17) is 0 Å². The lowest BCUT2D eigenvalue weighted by atomic mass is 9.90. The van der Waals surface area contributed by atoms with E-state index >= 15 is 0 Å². The van der Waals surface area contributed by atoms with Gasteiger partial charge in [0.05, 0.1) is 17.6 Å². The molecule has 2 amide bonds. The molecule has 5 nitrogen and oxygen atoms in total. The summed E-state index contributed by atoms with van der Waals surface area (Å²) in [6.45, 7) is 5.79. The Morgan fingerprint density at radius 3 is 2.22 bits per heavy atom. The first-order chi connectivity index (χ1) is 13.1. The number of fused-ring (bicyclic) bond motifs is 3. The Morgan fingerprint density at radius 1 is 0.815 bits per heavy atom. The van der Waals surface area contributed by atoms with Crippen LogP contribution in [-0.2, 0) is 9.59 Å². The number of aryl methyl sites for hydroxylation is 2. The minimum atomic E-state index is -0.383. The maximum atomic E-state index is 13.5. The normalized spacial score (nSPS) is 28.1. The van der Waals surface area contributed by atoms with Gasteiger partial charge in [0.15, 0.2) is 0 Å². The van der Waals surface area contributed by atoms with Gasteiger partial charge in [0.25, 0.3) is 5.91 Å². The second-order valence-corrected chi connectivity index (χ2v) is 7.79. The summed E-state index contributed by atoms with van der Waals surface area (Å²) in [5, 5.41) is 4.39. The van der Waals surface area contributed by atoms with Crippen molar-refractivity contribution in [2.75, 3.05) is 18.0 Å². The summed E-state index contributed by atoms with van der Waals surface area (Å²) in [6, 6.07) is 15.5. The molecule has 138 valence electrons. The molecule has 3 aliphatic heterocycles. The Morgan fingerprint density at radius 2 is 1.52 bits per heavy atom. The molecule has 5 rings (SSSR count). The van der Waals surface area contributed by atoms with Gasteiger partial charge in [0.1, 0.15) is 6.04 Å². The number of nitrogens with zero attached hydrogens (tertiary/aromatic N) is 3. The summed E-state index contributed by atoms with van der Waals surface area (Å²) < 4.78 is 0. The second kappa shape index (κ2) is 6.01. The Balaban J connectivity index is 1.59. The van der Waals surface area contributed by atoms with Gasteiger partial charge in [-0.3, -0.25) is 9.59 Å². The maximum absolute atomic E-state index is 13.5. The third kappa shape index (κ3) is 2.32. The van der Waals surface area contributed by atoms with Crippen molar-refractivity contribution in [3.63, 3.8) is 0 Å². The molecule has 3 fully saturated rings. The van der Waals surface area contributed by atoms with Crippen LogP contribution >= 0.6 is 0 Å². The molecule has 0 radical (unpaired) electrons. The van der Waals surface area contributed by atoms with Crippen molar-refractivity contribution in [2.45, 2.75) is 32.4 Å². The van der Waals surface area contributed by atoms with Gasteiger partial charge < -0.3 is 0 Å². The summed E-state index contributed by atoms with van der Waals surface area (Å²) in [4.78, 5) is 28.2. The topological polar surface area (TPSA) is 43.9 Å². The Bertz CT molecular complexity index is 926. The lowest BCUT2D eigenvalue weighted by Crippen LogP contribution is -2.44. The zero-order valence-corrected chi connectivity index (χ0v) is 15.6. The van der Waals surface area contributed by atoms with Crippen molar-refractivity contribution in [2.24, 2.45) is 5.92 Å². The van der Waals surface area contributed by atoms with Gasteiger partial charge in [-0.15, -0.1) is 0 Å². The molecule has 3 heterocycles. The van der Waals surface area contributed by atoms with Crippen molar-refractivity contribution in [3.8, 4) is 0 Å². The van der Waals surface area contributed by atoms with Crippen LogP contribution in [0.2, 0.25) is 0 Å². The van der Waals surface area contributed by atoms with Crippen LogP contribution in [0.15, 0.2) is 48.5 Å². The zero-order valence-electron chi connectivity index (χ0n) is 15.6. The molecule has 5 heteroatoms. The highest BCUT2D eigenvalue weighted by Gasteiger charge is 2.62. The average Bonchev–Trinajstić information content (AvgIpc) is 3.31. The van der Waals surface area contributed by atoms with Gasteiger partial charge in [-0.25, -0.2) is 14.9 Å². The van der Waals surface area contributed by atoms with Crippen molar-refractivity contribution >= 4 is 17.5 Å². The van der Waals surface area contributed by atoms with Crippen molar-refractivity contribution in [1.29, 1.82) is 0 Å². The highest BCUT2D eigenvalue weighted by molar-refractivity contribution is 6.24. The first-order valence-corrected chi connectivity index (χ1v) is 9.61. The van der Waals surface area contributed by atoms with Gasteiger partial charge in [-0.05, 0) is 49.1 Å². The fraction of sp³-hybridized carbons (Fsp3) is 0.364. The molecule has 0 aromatic heterocycles. The molecule has 0 N–H and O–H groups in total. The molecule has 0 unspecified atom stereocenters. The number of anilines is 1. The molecule has 0 spiro atoms. The number of hydrogen-bond acceptors (Lipinski definition) is 4. The highest BCUT2D eigenvalue weighted by atomic mass is 16.2. The smallest absolute Gasteiger partial charge is 0.253 e. The third-order valence-electron chi connectivity index (χ3n) is 6.30. The third-order valence-corrected chi connectivity index (χ3v) is 6.30. The molecule has 0 bridgehead atoms. The zero-order chi connectivity index (χ0) is 18.7. The number of carbonyl (C=O) groups excluding carboxylic acids is 2. The number of imide groups is 1. The average molecular weight is 361 g/mol. The summed E-state index contributed by atoms with van der Waals surface area (Å²) in [7, 11) is 0. The highest BCUT2D eigenvalue weighted by Crippen LogP contribution is 2.48. The molecule has 3 aliphatic rings. The van der Waals surface area contributed by atoms with Crippen LogP contribution < -0.4 is 4.90 Å². The first-order valence-electron chi connectivity index (χ1n) is 9.61. The van der Waals surface area contributed by atoms with Crippen molar-refractivity contribution in [1.82, 2.24) is 10.0 Å². The Kier molecular flexibility index (Phi) is 3.71. The lowest BCUT2D eigenvalue weighted by Gasteiger charge is -2.29. The summed E-state index contributed by atoms with van der Waals surface area (Å²) in [5.74, 6) is -0.503. The van der Waals surface area contributed by atoms with E-state index in [1.165, 1.54) is 4.90 Å². The number of benzene rings is 2. The van der Waals surface area contributed by atoms with Crippen LogP contribution in [0.1, 0.15) is 29.2 Å². The van der Waals surface area contributed by atoms with E-state index in [1.807, 2.05) is 50.2 Å². The summed E-state index contributed by atoms with van der Waals surface area (Å²) >= 11 is 0. The minimum Gasteiger partial charge on any atom is -0.274 e. The molecule has 27 heavy (non-hydrogen) atoms. The van der Waals surface area contributed by atoms with E-state index < -0.39 is 0 Å². The molecule has 2 aromatic carbocycles. The Hall–Kier alpha value is -2.50. The van der Waals surface area contributed by atoms with Gasteiger partial charge >= 0.3 is 0 Å². The van der Waals surface area contributed by atoms with Crippen LogP contribution in [0.4, 0.5) is 5.69 Å². The van der Waals surface area contributed by atoms with Crippen LogP contribution in [0, 0.1) is 19.8 Å². The van der Waals surface area contributed by atoms with Gasteiger partial charge in [0.2, 0.25) is 5.91 Å². The summed E-state index contributed by atoms with van der Waals surface area (Å²) in [6.07, 6.45) is 1.03. The van der Waals surface area contributed by atoms with Crippen LogP contribution in [-0.4, -0.2) is 41.0 Å². The molecule has 0 saturated carbocycles. The molecule has 2 aromatic rings. The Labute approximate surface area is 159 Å². The monoisotopic (exact) mass is 361 g/mol. The molecule has 3 saturated heterocycles. The molecular formula is C22H23N3O2. The van der Waals surface area contributed by atoms with E-state index in [2.05, 4.69) is 22.2 Å². The van der Waals surface area contributed by atoms with Crippen LogP contribution in [0.3, 0.4) is 0 Å². The number of hydrogen-bond donors (Lipinski definition) is 0. The fourth-order valence-electron chi connectivity index (χ4n) is 4.88. The number of amides is 2. The maximum Gasteiger partial charge on any atom is 0.253 e. The van der Waals surface area contributed by atoms with Gasteiger partial charge in [0, 0.05) is 13.1 Å². The first kappa shape index (κ1) is 16.7. The SMILES string of the molecule is Cc1ccc(N2C(=O)[C@@H]3[C@@H](C2=O)N2CCCN2[C@@H]3c2ccccc2)cc1C. The molecular weight excluding hydrogens is 338 g/mol. The predicted octanol–water partition coefficient (Wildman–Crippen LogP) is 2.84. The van der Waals surface area contributed by atoms with E-state index in [1.54, 1.807) is 0 Å². The van der Waals surface area contributed by atoms with Gasteiger partial charge in [-0.1, -0.05) is 36.4 Å². The number of hydrazine groups is 1. The van der Waals surface area contributed by atoms with Crippen LogP contribution in [0.25, 0.3) is 0 Å². The van der Waals surface area contributed by atoms with E-state index in [9.17, 15) is 9.59 Å². The molecule has 3 atom stereocenters. The quantitative estimate of drug-likeness (QED) is 0.772. The number of rotatable bonds is 2. The van der Waals surface area contributed by atoms with E-state index in [-0.39, 0.29) is 29.8 Å². The van der Waals surface area contributed by atoms with E-state index in [0.29, 0.717) is 5.69 Å². The largest absolute Gasteiger partial charge is 0.274 e.